The summed E-state index contributed by atoms with van der Waals surface area (Å²) in [4.78, 5) is 27.3. The Balaban J connectivity index is 1.83. The van der Waals surface area contributed by atoms with Gasteiger partial charge in [-0.25, -0.2) is 4.39 Å². The van der Waals surface area contributed by atoms with Crippen LogP contribution in [0.3, 0.4) is 0 Å². The van der Waals surface area contributed by atoms with Gasteiger partial charge in [0.2, 0.25) is 0 Å². The summed E-state index contributed by atoms with van der Waals surface area (Å²) in [5, 5.41) is 2.68. The minimum absolute atomic E-state index is 0.0463. The van der Waals surface area contributed by atoms with Crippen molar-refractivity contribution in [2.45, 2.75) is 20.3 Å². The Kier molecular flexibility index (Phi) is 5.35. The number of hydrogen-bond donors (Lipinski definition) is 1. The molecule has 0 saturated carbocycles. The van der Waals surface area contributed by atoms with Crippen LogP contribution in [0.4, 0.5) is 10.1 Å². The van der Waals surface area contributed by atoms with Crippen molar-refractivity contribution in [2.75, 3.05) is 18.4 Å². The van der Waals surface area contributed by atoms with Crippen molar-refractivity contribution in [1.82, 2.24) is 4.90 Å². The van der Waals surface area contributed by atoms with Gasteiger partial charge in [0.25, 0.3) is 11.8 Å². The van der Waals surface area contributed by atoms with Gasteiger partial charge in [0, 0.05) is 13.1 Å². The van der Waals surface area contributed by atoms with E-state index in [1.54, 1.807) is 30.3 Å². The summed E-state index contributed by atoms with van der Waals surface area (Å²) < 4.78 is 13.8. The summed E-state index contributed by atoms with van der Waals surface area (Å²) in [7, 11) is 0. The first kappa shape index (κ1) is 18.1. The fourth-order valence-corrected chi connectivity index (χ4v) is 3.61. The standard InChI is InChI=1S/C21H23FN2O2/c1-14-11-15(2)13-24(12-14)21(26)17-8-4-6-10-19(17)23-20(25)16-7-3-5-9-18(16)22/h3-10,14-15H,11-13H2,1-2H3,(H,23,25). The van der Waals surface area contributed by atoms with Crippen LogP contribution in [0.2, 0.25) is 0 Å². The molecule has 1 fully saturated rings. The molecule has 1 heterocycles. The number of nitrogens with zero attached hydrogens (tertiary/aromatic N) is 1. The lowest BCUT2D eigenvalue weighted by Gasteiger charge is -2.35. The molecule has 1 aliphatic heterocycles. The normalized spacial score (nSPS) is 19.9. The second-order valence-electron chi connectivity index (χ2n) is 7.14. The monoisotopic (exact) mass is 354 g/mol. The summed E-state index contributed by atoms with van der Waals surface area (Å²) in [5.74, 6) is -0.366. The van der Waals surface area contributed by atoms with E-state index >= 15 is 0 Å². The number of carbonyl (C=O) groups is 2. The minimum atomic E-state index is -0.590. The van der Waals surface area contributed by atoms with E-state index in [9.17, 15) is 14.0 Å². The largest absolute Gasteiger partial charge is 0.338 e. The number of para-hydroxylation sites is 1. The lowest BCUT2D eigenvalue weighted by Crippen LogP contribution is -2.42. The Morgan fingerprint density at radius 2 is 1.54 bits per heavy atom. The summed E-state index contributed by atoms with van der Waals surface area (Å²) in [6.07, 6.45) is 1.11. The maximum atomic E-state index is 13.8. The number of amides is 2. The molecule has 0 radical (unpaired) electrons. The van der Waals surface area contributed by atoms with Crippen LogP contribution in [0.15, 0.2) is 48.5 Å². The van der Waals surface area contributed by atoms with Crippen LogP contribution >= 0.6 is 0 Å². The first-order valence-corrected chi connectivity index (χ1v) is 8.90. The zero-order valence-electron chi connectivity index (χ0n) is 15.0. The molecule has 0 aromatic heterocycles. The summed E-state index contributed by atoms with van der Waals surface area (Å²) in [6, 6.07) is 12.7. The van der Waals surface area contributed by atoms with E-state index in [2.05, 4.69) is 19.2 Å². The van der Waals surface area contributed by atoms with Crippen molar-refractivity contribution >= 4 is 17.5 Å². The Morgan fingerprint density at radius 3 is 2.19 bits per heavy atom. The van der Waals surface area contributed by atoms with Crippen molar-refractivity contribution in [2.24, 2.45) is 11.8 Å². The molecule has 3 rings (SSSR count). The van der Waals surface area contributed by atoms with Gasteiger partial charge >= 0.3 is 0 Å². The lowest BCUT2D eigenvalue weighted by molar-refractivity contribution is 0.0624. The third-order valence-corrected chi connectivity index (χ3v) is 4.68. The second-order valence-corrected chi connectivity index (χ2v) is 7.14. The third-order valence-electron chi connectivity index (χ3n) is 4.68. The van der Waals surface area contributed by atoms with Crippen LogP contribution in [-0.4, -0.2) is 29.8 Å². The summed E-state index contributed by atoms with van der Waals surface area (Å²) >= 11 is 0. The number of carbonyl (C=O) groups excluding carboxylic acids is 2. The van der Waals surface area contributed by atoms with E-state index in [4.69, 9.17) is 0 Å². The van der Waals surface area contributed by atoms with E-state index in [1.165, 1.54) is 18.2 Å². The van der Waals surface area contributed by atoms with Crippen molar-refractivity contribution in [1.29, 1.82) is 0 Å². The van der Waals surface area contributed by atoms with Crippen molar-refractivity contribution in [3.05, 3.63) is 65.5 Å². The van der Waals surface area contributed by atoms with Crippen molar-refractivity contribution < 1.29 is 14.0 Å². The average Bonchev–Trinajstić information content (AvgIpc) is 2.61. The van der Waals surface area contributed by atoms with E-state index < -0.39 is 11.7 Å². The van der Waals surface area contributed by atoms with Crippen molar-refractivity contribution in [3.8, 4) is 0 Å². The number of likely N-dealkylation sites (tertiary alicyclic amines) is 1. The van der Waals surface area contributed by atoms with Gasteiger partial charge in [-0.1, -0.05) is 38.1 Å². The molecular weight excluding hydrogens is 331 g/mol. The van der Waals surface area contributed by atoms with Gasteiger partial charge in [-0.05, 0) is 42.5 Å². The fourth-order valence-electron chi connectivity index (χ4n) is 3.61. The molecule has 2 amide bonds. The van der Waals surface area contributed by atoms with Crippen LogP contribution in [-0.2, 0) is 0 Å². The molecule has 0 bridgehead atoms. The maximum absolute atomic E-state index is 13.8. The van der Waals surface area contributed by atoms with E-state index in [1.807, 2.05) is 4.90 Å². The number of rotatable bonds is 3. The number of benzene rings is 2. The summed E-state index contributed by atoms with van der Waals surface area (Å²) in [6.45, 7) is 5.70. The second kappa shape index (κ2) is 7.68. The number of hydrogen-bond acceptors (Lipinski definition) is 2. The van der Waals surface area contributed by atoms with Crippen LogP contribution in [0.5, 0.6) is 0 Å². The molecule has 136 valence electrons. The maximum Gasteiger partial charge on any atom is 0.258 e. The Bertz CT molecular complexity index is 811. The average molecular weight is 354 g/mol. The molecular formula is C21H23FN2O2. The van der Waals surface area contributed by atoms with E-state index in [-0.39, 0.29) is 11.5 Å². The molecule has 1 aliphatic rings. The molecule has 2 aromatic rings. The first-order chi connectivity index (χ1) is 12.5. The SMILES string of the molecule is CC1CC(C)CN(C(=O)c2ccccc2NC(=O)c2ccccc2F)C1. The van der Waals surface area contributed by atoms with Crippen LogP contribution in [0.1, 0.15) is 41.0 Å². The lowest BCUT2D eigenvalue weighted by atomic mass is 9.91. The molecule has 2 aromatic carbocycles. The molecule has 26 heavy (non-hydrogen) atoms. The van der Waals surface area contributed by atoms with Gasteiger partial charge in [-0.3, -0.25) is 9.59 Å². The minimum Gasteiger partial charge on any atom is -0.338 e. The predicted octanol–water partition coefficient (Wildman–Crippen LogP) is 4.20. The topological polar surface area (TPSA) is 49.4 Å². The molecule has 4 nitrogen and oxygen atoms in total. The zero-order valence-corrected chi connectivity index (χ0v) is 15.0. The highest BCUT2D eigenvalue weighted by Crippen LogP contribution is 2.25. The van der Waals surface area contributed by atoms with E-state index in [0.29, 0.717) is 36.2 Å². The van der Waals surface area contributed by atoms with Gasteiger partial charge < -0.3 is 10.2 Å². The molecule has 5 heteroatoms. The van der Waals surface area contributed by atoms with E-state index in [0.717, 1.165) is 6.42 Å². The molecule has 1 N–H and O–H groups in total. The summed E-state index contributed by atoms with van der Waals surface area (Å²) in [5.41, 5.74) is 0.782. The smallest absolute Gasteiger partial charge is 0.258 e. The quantitative estimate of drug-likeness (QED) is 0.898. The number of halogens is 1. The van der Waals surface area contributed by atoms with Gasteiger partial charge in [0.15, 0.2) is 0 Å². The predicted molar refractivity (Wildman–Crippen MR) is 99.6 cm³/mol. The Labute approximate surface area is 153 Å². The zero-order chi connectivity index (χ0) is 18.7. The third kappa shape index (κ3) is 3.93. The van der Waals surface area contributed by atoms with Crippen LogP contribution in [0, 0.1) is 17.7 Å². The highest BCUT2D eigenvalue weighted by atomic mass is 19.1. The van der Waals surface area contributed by atoms with Crippen LogP contribution < -0.4 is 5.32 Å². The Hall–Kier alpha value is -2.69. The molecule has 0 spiro atoms. The van der Waals surface area contributed by atoms with Gasteiger partial charge in [0.05, 0.1) is 16.8 Å². The van der Waals surface area contributed by atoms with Crippen molar-refractivity contribution in [3.63, 3.8) is 0 Å². The van der Waals surface area contributed by atoms with Gasteiger partial charge in [-0.2, -0.15) is 0 Å². The highest BCUT2D eigenvalue weighted by Gasteiger charge is 2.27. The highest BCUT2D eigenvalue weighted by molar-refractivity contribution is 6.09. The fraction of sp³-hybridized carbons (Fsp3) is 0.333. The van der Waals surface area contributed by atoms with Crippen LogP contribution in [0.25, 0.3) is 0 Å². The van der Waals surface area contributed by atoms with Gasteiger partial charge in [0.1, 0.15) is 5.82 Å². The molecule has 2 atom stereocenters. The first-order valence-electron chi connectivity index (χ1n) is 8.90. The molecule has 1 saturated heterocycles. The molecule has 2 unspecified atom stereocenters. The number of anilines is 1. The number of piperidine rings is 1. The number of nitrogens with one attached hydrogen (secondary N) is 1. The van der Waals surface area contributed by atoms with Gasteiger partial charge in [-0.15, -0.1) is 0 Å². The Morgan fingerprint density at radius 1 is 0.962 bits per heavy atom. The molecule has 0 aliphatic carbocycles.